The van der Waals surface area contributed by atoms with Gasteiger partial charge in [-0.25, -0.2) is 0 Å². The molecule has 82 valence electrons. The van der Waals surface area contributed by atoms with Crippen molar-refractivity contribution in [1.29, 1.82) is 0 Å². The number of aliphatic hydroxyl groups excluding tert-OH is 2. The molecule has 1 amide bonds. The first kappa shape index (κ1) is 11.7. The van der Waals surface area contributed by atoms with E-state index in [-0.39, 0.29) is 6.42 Å². The standard InChI is InChI=1S/C11H15NO3/c1-7-2-4-8(5-3-7)11(15)9(13)6-10(12)14/h2-5,9,11,13,15H,6H2,1H3,(H2,12,14). The van der Waals surface area contributed by atoms with Crippen LogP contribution in [-0.4, -0.2) is 22.2 Å². The van der Waals surface area contributed by atoms with Crippen LogP contribution in [0.4, 0.5) is 0 Å². The zero-order valence-corrected chi connectivity index (χ0v) is 8.55. The molecule has 0 saturated carbocycles. The molecular formula is C11H15NO3. The molecule has 0 spiro atoms. The Morgan fingerprint density at radius 3 is 2.33 bits per heavy atom. The van der Waals surface area contributed by atoms with E-state index >= 15 is 0 Å². The van der Waals surface area contributed by atoms with Gasteiger partial charge in [0.15, 0.2) is 0 Å². The van der Waals surface area contributed by atoms with Crippen molar-refractivity contribution in [3.63, 3.8) is 0 Å². The molecule has 1 rings (SSSR count). The Hall–Kier alpha value is -1.39. The lowest BCUT2D eigenvalue weighted by Gasteiger charge is -2.16. The summed E-state index contributed by atoms with van der Waals surface area (Å²) >= 11 is 0. The number of carbonyl (C=O) groups excluding carboxylic acids is 1. The van der Waals surface area contributed by atoms with E-state index in [2.05, 4.69) is 0 Å². The van der Waals surface area contributed by atoms with E-state index in [0.717, 1.165) is 5.56 Å². The molecule has 0 saturated heterocycles. The second-order valence-corrected chi connectivity index (χ2v) is 3.59. The second-order valence-electron chi connectivity index (χ2n) is 3.59. The second kappa shape index (κ2) is 4.91. The van der Waals surface area contributed by atoms with Crippen LogP contribution in [0.5, 0.6) is 0 Å². The van der Waals surface area contributed by atoms with E-state index in [9.17, 15) is 15.0 Å². The summed E-state index contributed by atoms with van der Waals surface area (Å²) in [6, 6.07) is 7.08. The third-order valence-electron chi connectivity index (χ3n) is 2.19. The molecule has 0 fully saturated rings. The zero-order chi connectivity index (χ0) is 11.4. The van der Waals surface area contributed by atoms with Crippen molar-refractivity contribution in [2.75, 3.05) is 0 Å². The van der Waals surface area contributed by atoms with E-state index in [1.807, 2.05) is 19.1 Å². The summed E-state index contributed by atoms with van der Waals surface area (Å²) in [4.78, 5) is 10.6. The average molecular weight is 209 g/mol. The zero-order valence-electron chi connectivity index (χ0n) is 8.55. The predicted molar refractivity (Wildman–Crippen MR) is 56.0 cm³/mol. The highest BCUT2D eigenvalue weighted by Crippen LogP contribution is 2.18. The van der Waals surface area contributed by atoms with Gasteiger partial charge in [0.05, 0.1) is 12.5 Å². The molecule has 0 aliphatic heterocycles. The largest absolute Gasteiger partial charge is 0.390 e. The Labute approximate surface area is 88.3 Å². The molecule has 4 nitrogen and oxygen atoms in total. The molecule has 2 unspecified atom stereocenters. The third kappa shape index (κ3) is 3.34. The number of rotatable bonds is 4. The van der Waals surface area contributed by atoms with E-state index in [0.29, 0.717) is 5.56 Å². The summed E-state index contributed by atoms with van der Waals surface area (Å²) < 4.78 is 0. The summed E-state index contributed by atoms with van der Waals surface area (Å²) in [5.74, 6) is -0.631. The average Bonchev–Trinajstić information content (AvgIpc) is 2.17. The number of carbonyl (C=O) groups is 1. The number of hydrogen-bond acceptors (Lipinski definition) is 3. The van der Waals surface area contributed by atoms with Gasteiger partial charge in [-0.2, -0.15) is 0 Å². The molecule has 1 aromatic rings. The van der Waals surface area contributed by atoms with Crippen LogP contribution >= 0.6 is 0 Å². The van der Waals surface area contributed by atoms with Gasteiger partial charge >= 0.3 is 0 Å². The minimum Gasteiger partial charge on any atom is -0.390 e. The molecule has 4 N–H and O–H groups in total. The summed E-state index contributed by atoms with van der Waals surface area (Å²) in [6.45, 7) is 1.93. The third-order valence-corrected chi connectivity index (χ3v) is 2.19. The van der Waals surface area contributed by atoms with Gasteiger partial charge in [0, 0.05) is 0 Å². The normalized spacial score (nSPS) is 14.6. The van der Waals surface area contributed by atoms with Gasteiger partial charge in [-0.1, -0.05) is 29.8 Å². The van der Waals surface area contributed by atoms with Crippen LogP contribution in [0.1, 0.15) is 23.7 Å². The first-order valence-electron chi connectivity index (χ1n) is 4.71. The van der Waals surface area contributed by atoms with Crippen molar-refractivity contribution in [1.82, 2.24) is 0 Å². The lowest BCUT2D eigenvalue weighted by molar-refractivity contribution is -0.121. The fourth-order valence-corrected chi connectivity index (χ4v) is 1.30. The van der Waals surface area contributed by atoms with Crippen LogP contribution in [0.15, 0.2) is 24.3 Å². The lowest BCUT2D eigenvalue weighted by Crippen LogP contribution is -2.25. The molecule has 0 aromatic heterocycles. The molecule has 1 aromatic carbocycles. The van der Waals surface area contributed by atoms with E-state index < -0.39 is 18.1 Å². The van der Waals surface area contributed by atoms with E-state index in [4.69, 9.17) is 5.73 Å². The van der Waals surface area contributed by atoms with Crippen LogP contribution < -0.4 is 5.73 Å². The fraction of sp³-hybridized carbons (Fsp3) is 0.364. The molecule has 15 heavy (non-hydrogen) atoms. The highest BCUT2D eigenvalue weighted by molar-refractivity contribution is 5.74. The molecule has 0 aliphatic rings. The van der Waals surface area contributed by atoms with Gasteiger partial charge in [0.2, 0.25) is 5.91 Å². The first-order chi connectivity index (χ1) is 7.00. The maximum Gasteiger partial charge on any atom is 0.220 e. The Kier molecular flexibility index (Phi) is 3.82. The van der Waals surface area contributed by atoms with Crippen molar-refractivity contribution in [3.05, 3.63) is 35.4 Å². The molecule has 2 atom stereocenters. The molecule has 0 radical (unpaired) electrons. The number of aryl methyl sites for hydroxylation is 1. The van der Waals surface area contributed by atoms with Crippen molar-refractivity contribution in [2.45, 2.75) is 25.6 Å². The summed E-state index contributed by atoms with van der Waals surface area (Å²) in [6.07, 6.45) is -2.46. The van der Waals surface area contributed by atoms with Gasteiger partial charge in [0.1, 0.15) is 6.10 Å². The molecule has 0 heterocycles. The van der Waals surface area contributed by atoms with Crippen LogP contribution in [0.3, 0.4) is 0 Å². The monoisotopic (exact) mass is 209 g/mol. The molecular weight excluding hydrogens is 194 g/mol. The molecule has 0 bridgehead atoms. The summed E-state index contributed by atoms with van der Waals surface area (Å²) in [5.41, 5.74) is 6.57. The van der Waals surface area contributed by atoms with Crippen molar-refractivity contribution in [2.24, 2.45) is 5.73 Å². The number of aliphatic hydroxyl groups is 2. The van der Waals surface area contributed by atoms with Crippen LogP contribution in [0, 0.1) is 6.92 Å². The maximum absolute atomic E-state index is 10.6. The quantitative estimate of drug-likeness (QED) is 0.665. The number of nitrogens with two attached hydrogens (primary N) is 1. The van der Waals surface area contributed by atoms with Crippen molar-refractivity contribution >= 4 is 5.91 Å². The number of benzene rings is 1. The Morgan fingerprint density at radius 1 is 1.33 bits per heavy atom. The number of hydrogen-bond donors (Lipinski definition) is 3. The van der Waals surface area contributed by atoms with Gasteiger partial charge in [-0.05, 0) is 12.5 Å². The van der Waals surface area contributed by atoms with Crippen molar-refractivity contribution in [3.8, 4) is 0 Å². The predicted octanol–water partition coefficient (Wildman–Crippen LogP) is 0.265. The molecule has 4 heteroatoms. The van der Waals surface area contributed by atoms with Gasteiger partial charge in [0.25, 0.3) is 0 Å². The maximum atomic E-state index is 10.6. The minimum absolute atomic E-state index is 0.241. The summed E-state index contributed by atoms with van der Waals surface area (Å²) in [5, 5.41) is 19.1. The topological polar surface area (TPSA) is 83.6 Å². The van der Waals surface area contributed by atoms with Gasteiger partial charge in [-0.3, -0.25) is 4.79 Å². The summed E-state index contributed by atoms with van der Waals surface area (Å²) in [7, 11) is 0. The van der Waals surface area contributed by atoms with Crippen LogP contribution in [0.2, 0.25) is 0 Å². The van der Waals surface area contributed by atoms with E-state index in [1.54, 1.807) is 12.1 Å². The van der Waals surface area contributed by atoms with E-state index in [1.165, 1.54) is 0 Å². The van der Waals surface area contributed by atoms with Crippen molar-refractivity contribution < 1.29 is 15.0 Å². The lowest BCUT2D eigenvalue weighted by atomic mass is 10.0. The van der Waals surface area contributed by atoms with Crippen LogP contribution in [0.25, 0.3) is 0 Å². The Balaban J connectivity index is 2.71. The SMILES string of the molecule is Cc1ccc(C(O)C(O)CC(N)=O)cc1. The highest BCUT2D eigenvalue weighted by Gasteiger charge is 2.19. The van der Waals surface area contributed by atoms with Gasteiger partial charge in [-0.15, -0.1) is 0 Å². The van der Waals surface area contributed by atoms with Crippen LogP contribution in [-0.2, 0) is 4.79 Å². The Morgan fingerprint density at radius 2 is 1.87 bits per heavy atom. The molecule has 0 aliphatic carbocycles. The smallest absolute Gasteiger partial charge is 0.220 e. The van der Waals surface area contributed by atoms with Gasteiger partial charge < -0.3 is 15.9 Å². The number of primary amides is 1. The Bertz CT molecular complexity index is 334. The first-order valence-corrected chi connectivity index (χ1v) is 4.71. The fourth-order valence-electron chi connectivity index (χ4n) is 1.30. The highest BCUT2D eigenvalue weighted by atomic mass is 16.3. The minimum atomic E-state index is -1.15. The number of amides is 1.